The Labute approximate surface area is 99.5 Å². The first-order chi connectivity index (χ1) is 8.04. The molecule has 90 valence electrons. The molecule has 0 bridgehead atoms. The van der Waals surface area contributed by atoms with Crippen molar-refractivity contribution < 1.29 is 19.4 Å². The van der Waals surface area contributed by atoms with Gasteiger partial charge in [0.2, 0.25) is 0 Å². The molecule has 1 N–H and O–H groups in total. The topological polar surface area (TPSA) is 63.6 Å². The summed E-state index contributed by atoms with van der Waals surface area (Å²) < 4.78 is 4.75. The molecule has 0 aliphatic carbocycles. The number of carbonyl (C=O) groups excluding carboxylic acids is 1. The van der Waals surface area contributed by atoms with Crippen LogP contribution in [0, 0.1) is 6.92 Å². The third-order valence-corrected chi connectivity index (χ3v) is 2.20. The minimum atomic E-state index is -0.964. The third-order valence-electron chi connectivity index (χ3n) is 2.20. The Kier molecular flexibility index (Phi) is 4.46. The molecular weight excluding hydrogens is 220 g/mol. The summed E-state index contributed by atoms with van der Waals surface area (Å²) in [7, 11) is 0. The van der Waals surface area contributed by atoms with Gasteiger partial charge in [0.15, 0.2) is 0 Å². The molecule has 0 aliphatic heterocycles. The number of rotatable bonds is 4. The molecule has 17 heavy (non-hydrogen) atoms. The summed E-state index contributed by atoms with van der Waals surface area (Å²) in [5, 5.41) is 8.80. The van der Waals surface area contributed by atoms with Crippen LogP contribution in [-0.2, 0) is 9.53 Å². The maximum atomic E-state index is 11.1. The largest absolute Gasteiger partial charge is 0.478 e. The molecule has 0 heterocycles. The Bertz CT molecular complexity index is 460. The van der Waals surface area contributed by atoms with Crippen molar-refractivity contribution in [1.82, 2.24) is 0 Å². The lowest BCUT2D eigenvalue weighted by atomic mass is 10.0. The number of carboxylic acid groups (broad SMARTS) is 1. The Hall–Kier alpha value is -2.10. The van der Waals surface area contributed by atoms with Crippen LogP contribution in [0.5, 0.6) is 0 Å². The van der Waals surface area contributed by atoms with E-state index in [1.165, 1.54) is 12.1 Å². The number of benzene rings is 1. The van der Waals surface area contributed by atoms with Crippen molar-refractivity contribution in [3.8, 4) is 0 Å². The second-order valence-corrected chi connectivity index (χ2v) is 3.46. The van der Waals surface area contributed by atoms with Crippen molar-refractivity contribution in [2.24, 2.45) is 0 Å². The van der Waals surface area contributed by atoms with Crippen molar-refractivity contribution in [3.63, 3.8) is 0 Å². The molecule has 1 aromatic carbocycles. The molecule has 0 saturated heterocycles. The van der Waals surface area contributed by atoms with E-state index < -0.39 is 11.9 Å². The summed E-state index contributed by atoms with van der Waals surface area (Å²) in [6, 6.07) is 4.72. The van der Waals surface area contributed by atoms with E-state index in [4.69, 9.17) is 9.84 Å². The van der Waals surface area contributed by atoms with Gasteiger partial charge in [0, 0.05) is 6.08 Å². The Morgan fingerprint density at radius 1 is 1.41 bits per heavy atom. The number of esters is 1. The Morgan fingerprint density at radius 3 is 2.65 bits per heavy atom. The SMILES string of the molecule is CCOC(=O)C=Cc1ccc(C(=O)O)cc1C. The fraction of sp³-hybridized carbons (Fsp3) is 0.231. The van der Waals surface area contributed by atoms with E-state index in [2.05, 4.69) is 0 Å². The quantitative estimate of drug-likeness (QED) is 0.641. The minimum absolute atomic E-state index is 0.232. The van der Waals surface area contributed by atoms with Crippen LogP contribution in [0.3, 0.4) is 0 Å². The molecule has 4 nitrogen and oxygen atoms in total. The van der Waals surface area contributed by atoms with Gasteiger partial charge in [0.25, 0.3) is 0 Å². The molecule has 0 saturated carbocycles. The highest BCUT2D eigenvalue weighted by Crippen LogP contribution is 2.13. The van der Waals surface area contributed by atoms with Gasteiger partial charge >= 0.3 is 11.9 Å². The Morgan fingerprint density at radius 2 is 2.12 bits per heavy atom. The smallest absolute Gasteiger partial charge is 0.335 e. The lowest BCUT2D eigenvalue weighted by molar-refractivity contribution is -0.137. The van der Waals surface area contributed by atoms with Crippen molar-refractivity contribution >= 4 is 18.0 Å². The highest BCUT2D eigenvalue weighted by atomic mass is 16.5. The van der Waals surface area contributed by atoms with E-state index in [9.17, 15) is 9.59 Å². The van der Waals surface area contributed by atoms with E-state index in [0.717, 1.165) is 11.1 Å². The number of aromatic carboxylic acids is 1. The zero-order chi connectivity index (χ0) is 12.8. The van der Waals surface area contributed by atoms with Crippen LogP contribution in [-0.4, -0.2) is 23.7 Å². The highest BCUT2D eigenvalue weighted by molar-refractivity contribution is 5.89. The van der Waals surface area contributed by atoms with Crippen LogP contribution in [0.4, 0.5) is 0 Å². The monoisotopic (exact) mass is 234 g/mol. The molecule has 0 aliphatic rings. The van der Waals surface area contributed by atoms with Crippen molar-refractivity contribution in [2.45, 2.75) is 13.8 Å². The lowest BCUT2D eigenvalue weighted by Gasteiger charge is -2.02. The van der Waals surface area contributed by atoms with Crippen LogP contribution < -0.4 is 0 Å². The molecule has 4 heteroatoms. The summed E-state index contributed by atoms with van der Waals surface area (Å²) in [4.78, 5) is 21.8. The van der Waals surface area contributed by atoms with Crippen molar-refractivity contribution in [3.05, 3.63) is 41.0 Å². The second kappa shape index (κ2) is 5.84. The zero-order valence-corrected chi connectivity index (χ0v) is 9.77. The van der Waals surface area contributed by atoms with Crippen LogP contribution in [0.15, 0.2) is 24.3 Å². The maximum Gasteiger partial charge on any atom is 0.335 e. The van der Waals surface area contributed by atoms with Gasteiger partial charge in [-0.25, -0.2) is 9.59 Å². The van der Waals surface area contributed by atoms with Gasteiger partial charge in [-0.3, -0.25) is 0 Å². The first kappa shape index (κ1) is 13.0. The fourth-order valence-electron chi connectivity index (χ4n) is 1.34. The van der Waals surface area contributed by atoms with Gasteiger partial charge in [0.05, 0.1) is 12.2 Å². The number of ether oxygens (including phenoxy) is 1. The van der Waals surface area contributed by atoms with E-state index in [0.29, 0.717) is 6.61 Å². The summed E-state index contributed by atoms with van der Waals surface area (Å²) in [6.07, 6.45) is 2.94. The summed E-state index contributed by atoms with van der Waals surface area (Å²) in [5.41, 5.74) is 1.82. The molecule has 0 aromatic heterocycles. The molecule has 0 spiro atoms. The van der Waals surface area contributed by atoms with Gasteiger partial charge in [-0.2, -0.15) is 0 Å². The summed E-state index contributed by atoms with van der Waals surface area (Å²) in [6.45, 7) is 3.86. The predicted octanol–water partition coefficient (Wildman–Crippen LogP) is 2.27. The average Bonchev–Trinajstić information content (AvgIpc) is 2.27. The van der Waals surface area contributed by atoms with Crippen molar-refractivity contribution in [2.75, 3.05) is 6.61 Å². The van der Waals surface area contributed by atoms with Crippen LogP contribution in [0.1, 0.15) is 28.4 Å². The third kappa shape index (κ3) is 3.75. The average molecular weight is 234 g/mol. The summed E-state index contributed by atoms with van der Waals surface area (Å²) >= 11 is 0. The van der Waals surface area contributed by atoms with Gasteiger partial charge in [-0.15, -0.1) is 0 Å². The van der Waals surface area contributed by atoms with Crippen LogP contribution in [0.2, 0.25) is 0 Å². The molecule has 0 fully saturated rings. The number of carboxylic acids is 1. The molecule has 0 atom stereocenters. The highest BCUT2D eigenvalue weighted by Gasteiger charge is 2.04. The number of hydrogen-bond donors (Lipinski definition) is 1. The van der Waals surface area contributed by atoms with Gasteiger partial charge in [-0.1, -0.05) is 6.07 Å². The summed E-state index contributed by atoms with van der Waals surface area (Å²) in [5.74, 6) is -1.37. The maximum absolute atomic E-state index is 11.1. The van der Waals surface area contributed by atoms with E-state index in [-0.39, 0.29) is 5.56 Å². The van der Waals surface area contributed by atoms with Gasteiger partial charge in [0.1, 0.15) is 0 Å². The zero-order valence-electron chi connectivity index (χ0n) is 9.77. The molecular formula is C13H14O4. The van der Waals surface area contributed by atoms with Crippen molar-refractivity contribution in [1.29, 1.82) is 0 Å². The fourth-order valence-corrected chi connectivity index (χ4v) is 1.34. The lowest BCUT2D eigenvalue weighted by Crippen LogP contribution is -1.99. The normalized spacial score (nSPS) is 10.5. The van der Waals surface area contributed by atoms with E-state index >= 15 is 0 Å². The van der Waals surface area contributed by atoms with Gasteiger partial charge in [-0.05, 0) is 43.2 Å². The first-order valence-electron chi connectivity index (χ1n) is 5.23. The van der Waals surface area contributed by atoms with E-state index in [1.807, 2.05) is 0 Å². The minimum Gasteiger partial charge on any atom is -0.478 e. The predicted molar refractivity (Wildman–Crippen MR) is 63.8 cm³/mol. The molecule has 0 amide bonds. The first-order valence-corrected chi connectivity index (χ1v) is 5.23. The number of hydrogen-bond acceptors (Lipinski definition) is 3. The second-order valence-electron chi connectivity index (χ2n) is 3.46. The number of carbonyl (C=O) groups is 2. The number of aryl methyl sites for hydroxylation is 1. The molecule has 1 aromatic rings. The molecule has 1 rings (SSSR count). The van der Waals surface area contributed by atoms with Crippen LogP contribution >= 0.6 is 0 Å². The van der Waals surface area contributed by atoms with E-state index in [1.54, 1.807) is 32.1 Å². The Balaban J connectivity index is 2.86. The molecule has 0 unspecified atom stereocenters. The van der Waals surface area contributed by atoms with Gasteiger partial charge < -0.3 is 9.84 Å². The molecule has 0 radical (unpaired) electrons. The standard InChI is InChI=1S/C13H14O4/c1-3-17-12(14)7-6-10-4-5-11(13(15)16)8-9(10)2/h4-8H,3H2,1-2H3,(H,15,16). The van der Waals surface area contributed by atoms with Crippen LogP contribution in [0.25, 0.3) is 6.08 Å².